The van der Waals surface area contributed by atoms with E-state index in [-0.39, 0.29) is 23.0 Å². The Morgan fingerprint density at radius 1 is 1.26 bits per heavy atom. The fraction of sp³-hybridized carbons (Fsp3) is 0.421. The molecule has 1 aromatic heterocycles. The van der Waals surface area contributed by atoms with E-state index in [0.29, 0.717) is 18.7 Å². The minimum Gasteiger partial charge on any atom is -0.435 e. The first-order valence-corrected chi connectivity index (χ1v) is 8.93. The largest absolute Gasteiger partial charge is 0.435 e. The predicted octanol–water partition coefficient (Wildman–Crippen LogP) is 2.78. The molecule has 2 aliphatic rings. The van der Waals surface area contributed by atoms with Gasteiger partial charge in [-0.2, -0.15) is 8.78 Å². The molecule has 1 spiro atoms. The first-order chi connectivity index (χ1) is 13.0. The Morgan fingerprint density at radius 3 is 2.78 bits per heavy atom. The molecule has 2 N–H and O–H groups in total. The zero-order valence-corrected chi connectivity index (χ0v) is 14.7. The van der Waals surface area contributed by atoms with Gasteiger partial charge in [0.2, 0.25) is 5.95 Å². The number of ether oxygens (including phenoxy) is 1. The summed E-state index contributed by atoms with van der Waals surface area (Å²) >= 11 is 0. The lowest BCUT2D eigenvalue weighted by molar-refractivity contribution is -0.0498. The maximum atomic E-state index is 12.9. The number of benzene rings is 1. The molecule has 27 heavy (non-hydrogen) atoms. The number of piperidine rings is 1. The summed E-state index contributed by atoms with van der Waals surface area (Å²) in [6, 6.07) is 5.81. The molecule has 1 unspecified atom stereocenters. The van der Waals surface area contributed by atoms with Gasteiger partial charge in [-0.15, -0.1) is 0 Å². The first-order valence-electron chi connectivity index (χ1n) is 8.93. The number of nitrogen functional groups attached to an aromatic ring is 1. The third-order valence-corrected chi connectivity index (χ3v) is 5.45. The number of hydrogen-bond acceptors (Lipinski definition) is 5. The topological polar surface area (TPSA) is 81.3 Å². The van der Waals surface area contributed by atoms with E-state index in [1.807, 2.05) is 4.90 Å². The van der Waals surface area contributed by atoms with Gasteiger partial charge in [-0.3, -0.25) is 4.79 Å². The number of fused-ring (bicyclic) bond motifs is 2. The molecule has 1 atom stereocenters. The molecule has 1 aliphatic carbocycles. The molecule has 4 rings (SSSR count). The lowest BCUT2D eigenvalue weighted by Crippen LogP contribution is -2.48. The van der Waals surface area contributed by atoms with Crippen LogP contribution in [-0.4, -0.2) is 40.5 Å². The van der Waals surface area contributed by atoms with Gasteiger partial charge >= 0.3 is 6.61 Å². The van der Waals surface area contributed by atoms with Crippen LogP contribution in [-0.2, 0) is 11.8 Å². The number of nitrogens with zero attached hydrogens (tertiary/aromatic N) is 3. The number of alkyl halides is 2. The summed E-state index contributed by atoms with van der Waals surface area (Å²) in [5.74, 6) is 0.176. The first kappa shape index (κ1) is 17.6. The number of aryl methyl sites for hydroxylation is 1. The molecule has 1 aromatic carbocycles. The molecule has 1 aliphatic heterocycles. The molecule has 0 bridgehead atoms. The van der Waals surface area contributed by atoms with E-state index in [2.05, 4.69) is 14.7 Å². The molecular weight excluding hydrogens is 354 g/mol. The Labute approximate surface area is 155 Å². The minimum atomic E-state index is -2.88. The average Bonchev–Trinajstić information content (AvgIpc) is 2.99. The maximum Gasteiger partial charge on any atom is 0.387 e. The number of carbonyl (C=O) groups is 1. The van der Waals surface area contributed by atoms with Crippen molar-refractivity contribution in [3.8, 4) is 5.75 Å². The van der Waals surface area contributed by atoms with Crippen LogP contribution >= 0.6 is 0 Å². The van der Waals surface area contributed by atoms with Gasteiger partial charge in [0.1, 0.15) is 5.75 Å². The van der Waals surface area contributed by atoms with Gasteiger partial charge in [0.15, 0.2) is 0 Å². The SMILES string of the molecule is Nc1ncc2c(n1)C1(CCCN(C(=O)c3ccc(OC(F)F)cc3)C1)CC2. The Kier molecular flexibility index (Phi) is 4.41. The molecule has 0 radical (unpaired) electrons. The van der Waals surface area contributed by atoms with Crippen molar-refractivity contribution < 1.29 is 18.3 Å². The van der Waals surface area contributed by atoms with E-state index in [1.165, 1.54) is 24.3 Å². The van der Waals surface area contributed by atoms with Crippen LogP contribution in [0.15, 0.2) is 30.5 Å². The van der Waals surface area contributed by atoms with Crippen LogP contribution in [0.5, 0.6) is 5.75 Å². The zero-order valence-electron chi connectivity index (χ0n) is 14.7. The van der Waals surface area contributed by atoms with Crippen molar-refractivity contribution in [3.05, 3.63) is 47.3 Å². The summed E-state index contributed by atoms with van der Waals surface area (Å²) in [5, 5.41) is 0. The monoisotopic (exact) mass is 374 g/mol. The summed E-state index contributed by atoms with van der Waals surface area (Å²) in [6.45, 7) is -1.65. The van der Waals surface area contributed by atoms with Gasteiger partial charge in [0, 0.05) is 30.3 Å². The molecule has 1 saturated heterocycles. The van der Waals surface area contributed by atoms with E-state index in [4.69, 9.17) is 5.73 Å². The number of nitrogens with two attached hydrogens (primary N) is 1. The second-order valence-electron chi connectivity index (χ2n) is 7.12. The Bertz CT molecular complexity index is 855. The van der Waals surface area contributed by atoms with Crippen molar-refractivity contribution in [3.63, 3.8) is 0 Å². The fourth-order valence-corrected chi connectivity index (χ4v) is 4.22. The summed E-state index contributed by atoms with van der Waals surface area (Å²) in [4.78, 5) is 23.3. The molecule has 2 aromatic rings. The summed E-state index contributed by atoms with van der Waals surface area (Å²) in [7, 11) is 0. The maximum absolute atomic E-state index is 12.9. The summed E-state index contributed by atoms with van der Waals surface area (Å²) in [5.41, 5.74) is 8.13. The van der Waals surface area contributed by atoms with Crippen molar-refractivity contribution in [1.29, 1.82) is 0 Å². The van der Waals surface area contributed by atoms with Crippen molar-refractivity contribution in [2.75, 3.05) is 18.8 Å². The number of aromatic nitrogens is 2. The Hall–Kier alpha value is -2.77. The van der Waals surface area contributed by atoms with E-state index < -0.39 is 6.61 Å². The highest BCUT2D eigenvalue weighted by Crippen LogP contribution is 2.44. The van der Waals surface area contributed by atoms with Crippen LogP contribution in [0.3, 0.4) is 0 Å². The van der Waals surface area contributed by atoms with E-state index >= 15 is 0 Å². The highest BCUT2D eigenvalue weighted by molar-refractivity contribution is 5.94. The lowest BCUT2D eigenvalue weighted by atomic mass is 9.77. The van der Waals surface area contributed by atoms with E-state index in [1.54, 1.807) is 6.20 Å². The number of halogens is 2. The van der Waals surface area contributed by atoms with Crippen LogP contribution in [0.2, 0.25) is 0 Å². The number of carbonyl (C=O) groups excluding carboxylic acids is 1. The Morgan fingerprint density at radius 2 is 2.04 bits per heavy atom. The van der Waals surface area contributed by atoms with Crippen LogP contribution in [0.4, 0.5) is 14.7 Å². The van der Waals surface area contributed by atoms with Gasteiger partial charge in [-0.25, -0.2) is 9.97 Å². The third-order valence-electron chi connectivity index (χ3n) is 5.45. The minimum absolute atomic E-state index is 0.0357. The fourth-order valence-electron chi connectivity index (χ4n) is 4.22. The van der Waals surface area contributed by atoms with Crippen molar-refractivity contribution in [2.45, 2.75) is 37.7 Å². The highest BCUT2D eigenvalue weighted by Gasteiger charge is 2.44. The van der Waals surface area contributed by atoms with Crippen molar-refractivity contribution in [2.24, 2.45) is 0 Å². The summed E-state index contributed by atoms with van der Waals surface area (Å²) < 4.78 is 28.9. The normalized spacial score (nSPS) is 21.5. The number of amides is 1. The van der Waals surface area contributed by atoms with Crippen LogP contribution in [0, 0.1) is 0 Å². The molecule has 6 nitrogen and oxygen atoms in total. The number of anilines is 1. The number of hydrogen-bond donors (Lipinski definition) is 1. The predicted molar refractivity (Wildman–Crippen MR) is 94.7 cm³/mol. The molecule has 8 heteroatoms. The Balaban J connectivity index is 1.54. The average molecular weight is 374 g/mol. The third kappa shape index (κ3) is 3.31. The van der Waals surface area contributed by atoms with Crippen LogP contribution in [0.1, 0.15) is 40.9 Å². The highest BCUT2D eigenvalue weighted by atomic mass is 19.3. The lowest BCUT2D eigenvalue weighted by Gasteiger charge is -2.40. The van der Waals surface area contributed by atoms with Crippen LogP contribution < -0.4 is 10.5 Å². The second-order valence-corrected chi connectivity index (χ2v) is 7.12. The van der Waals surface area contributed by atoms with Gasteiger partial charge < -0.3 is 15.4 Å². The van der Waals surface area contributed by atoms with Gasteiger partial charge in [-0.05, 0) is 55.5 Å². The van der Waals surface area contributed by atoms with E-state index in [9.17, 15) is 13.6 Å². The smallest absolute Gasteiger partial charge is 0.387 e. The number of likely N-dealkylation sites (tertiary alicyclic amines) is 1. The number of rotatable bonds is 3. The van der Waals surface area contributed by atoms with Crippen LogP contribution in [0.25, 0.3) is 0 Å². The second kappa shape index (κ2) is 6.75. The standard InChI is InChI=1S/C19H20F2N4O2/c20-17(21)27-14-4-2-12(3-5-14)16(26)25-9-1-7-19(11-25)8-6-13-10-23-18(22)24-15(13)19/h2-5,10,17H,1,6-9,11H2,(H2,22,23,24). The molecule has 142 valence electrons. The summed E-state index contributed by atoms with van der Waals surface area (Å²) in [6.07, 6.45) is 5.43. The quantitative estimate of drug-likeness (QED) is 0.893. The van der Waals surface area contributed by atoms with Crippen molar-refractivity contribution >= 4 is 11.9 Å². The van der Waals surface area contributed by atoms with Crippen molar-refractivity contribution in [1.82, 2.24) is 14.9 Å². The molecule has 0 saturated carbocycles. The molecule has 1 fully saturated rings. The molecule has 1 amide bonds. The molecule has 2 heterocycles. The van der Waals surface area contributed by atoms with Gasteiger partial charge in [0.05, 0.1) is 5.69 Å². The van der Waals surface area contributed by atoms with E-state index in [0.717, 1.165) is 36.9 Å². The zero-order chi connectivity index (χ0) is 19.0. The van der Waals surface area contributed by atoms with Gasteiger partial charge in [-0.1, -0.05) is 0 Å². The molecular formula is C19H20F2N4O2. The van der Waals surface area contributed by atoms with Gasteiger partial charge in [0.25, 0.3) is 5.91 Å².